The van der Waals surface area contributed by atoms with Crippen molar-refractivity contribution in [3.8, 4) is 0 Å². The van der Waals surface area contributed by atoms with Gasteiger partial charge >= 0.3 is 0 Å². The van der Waals surface area contributed by atoms with E-state index in [9.17, 15) is 0 Å². The van der Waals surface area contributed by atoms with E-state index in [0.29, 0.717) is 5.41 Å². The van der Waals surface area contributed by atoms with E-state index >= 15 is 0 Å². The summed E-state index contributed by atoms with van der Waals surface area (Å²) in [6.45, 7) is 3.57. The van der Waals surface area contributed by atoms with Crippen LogP contribution in [-0.2, 0) is 0 Å². The molecular formula is C10H22N2. The summed E-state index contributed by atoms with van der Waals surface area (Å²) in [6, 6.07) is 0.773. The second kappa shape index (κ2) is 4.24. The topological polar surface area (TPSA) is 24.1 Å². The highest BCUT2D eigenvalue weighted by atomic mass is 14.9. The summed E-state index contributed by atoms with van der Waals surface area (Å²) in [5, 5.41) is 6.65. The molecule has 0 aromatic carbocycles. The van der Waals surface area contributed by atoms with Crippen molar-refractivity contribution in [3.05, 3.63) is 0 Å². The standard InChI is InChI=1S/C10H22N2/c1-10(8-11-2)6-4-9(12-3)5-7-10/h9,11-12H,4-8H2,1-3H3/t9-,10+. The summed E-state index contributed by atoms with van der Waals surface area (Å²) in [7, 11) is 4.13. The Morgan fingerprint density at radius 2 is 1.83 bits per heavy atom. The van der Waals surface area contributed by atoms with Crippen LogP contribution in [0.4, 0.5) is 0 Å². The number of rotatable bonds is 3. The van der Waals surface area contributed by atoms with Gasteiger partial charge in [-0.3, -0.25) is 0 Å². The van der Waals surface area contributed by atoms with E-state index in [1.165, 1.54) is 32.2 Å². The number of hydrogen-bond acceptors (Lipinski definition) is 2. The zero-order valence-electron chi connectivity index (χ0n) is 8.61. The second-order valence-electron chi connectivity index (χ2n) is 4.40. The Morgan fingerprint density at radius 1 is 1.25 bits per heavy atom. The minimum Gasteiger partial charge on any atom is -0.319 e. The molecule has 0 saturated heterocycles. The van der Waals surface area contributed by atoms with Crippen LogP contribution in [0.25, 0.3) is 0 Å². The van der Waals surface area contributed by atoms with Gasteiger partial charge in [-0.2, -0.15) is 0 Å². The monoisotopic (exact) mass is 170 g/mol. The van der Waals surface area contributed by atoms with Crippen LogP contribution in [0.2, 0.25) is 0 Å². The van der Waals surface area contributed by atoms with E-state index in [1.807, 2.05) is 0 Å². The van der Waals surface area contributed by atoms with Crippen LogP contribution < -0.4 is 10.6 Å². The molecule has 1 rings (SSSR count). The molecule has 0 spiro atoms. The van der Waals surface area contributed by atoms with Gasteiger partial charge < -0.3 is 10.6 Å². The molecule has 1 aliphatic rings. The Hall–Kier alpha value is -0.0800. The summed E-state index contributed by atoms with van der Waals surface area (Å²) in [5.41, 5.74) is 0.558. The lowest BCUT2D eigenvalue weighted by Crippen LogP contribution is -2.39. The highest BCUT2D eigenvalue weighted by Gasteiger charge is 2.29. The van der Waals surface area contributed by atoms with Crippen molar-refractivity contribution in [2.45, 2.75) is 38.6 Å². The molecule has 0 radical (unpaired) electrons. The van der Waals surface area contributed by atoms with Crippen molar-refractivity contribution in [1.82, 2.24) is 10.6 Å². The van der Waals surface area contributed by atoms with Crippen LogP contribution >= 0.6 is 0 Å². The lowest BCUT2D eigenvalue weighted by molar-refractivity contribution is 0.186. The van der Waals surface area contributed by atoms with Crippen molar-refractivity contribution in [2.75, 3.05) is 20.6 Å². The minimum atomic E-state index is 0.558. The summed E-state index contributed by atoms with van der Waals surface area (Å²) >= 11 is 0. The maximum absolute atomic E-state index is 3.36. The third kappa shape index (κ3) is 2.46. The van der Waals surface area contributed by atoms with E-state index in [0.717, 1.165) is 6.04 Å². The molecule has 0 aliphatic heterocycles. The van der Waals surface area contributed by atoms with E-state index in [1.54, 1.807) is 0 Å². The summed E-state index contributed by atoms with van der Waals surface area (Å²) in [4.78, 5) is 0. The predicted molar refractivity (Wildman–Crippen MR) is 53.3 cm³/mol. The Labute approximate surface area is 76.1 Å². The molecule has 12 heavy (non-hydrogen) atoms. The smallest absolute Gasteiger partial charge is 0.00644 e. The molecule has 0 unspecified atom stereocenters. The average Bonchev–Trinajstić information content (AvgIpc) is 2.06. The molecule has 0 atom stereocenters. The summed E-state index contributed by atoms with van der Waals surface area (Å²) in [5.74, 6) is 0. The van der Waals surface area contributed by atoms with Gasteiger partial charge in [-0.05, 0) is 45.2 Å². The SMILES string of the molecule is CNC[C@]1(C)CC[C@H](NC)CC1. The fourth-order valence-electron chi connectivity index (χ4n) is 2.21. The van der Waals surface area contributed by atoms with Crippen molar-refractivity contribution in [3.63, 3.8) is 0 Å². The third-order valence-corrected chi connectivity index (χ3v) is 3.20. The Bertz CT molecular complexity index is 126. The Balaban J connectivity index is 2.33. The van der Waals surface area contributed by atoms with Gasteiger partial charge in [0.1, 0.15) is 0 Å². The molecule has 0 aromatic rings. The minimum absolute atomic E-state index is 0.558. The second-order valence-corrected chi connectivity index (χ2v) is 4.40. The molecule has 1 saturated carbocycles. The molecule has 1 aliphatic carbocycles. The van der Waals surface area contributed by atoms with Gasteiger partial charge in [-0.15, -0.1) is 0 Å². The predicted octanol–water partition coefficient (Wildman–Crippen LogP) is 1.37. The molecule has 72 valence electrons. The first-order chi connectivity index (χ1) is 5.70. The molecule has 2 nitrogen and oxygen atoms in total. The van der Waals surface area contributed by atoms with Crippen LogP contribution in [0, 0.1) is 5.41 Å². The molecular weight excluding hydrogens is 148 g/mol. The van der Waals surface area contributed by atoms with Gasteiger partial charge in [0.25, 0.3) is 0 Å². The summed E-state index contributed by atoms with van der Waals surface area (Å²) < 4.78 is 0. The molecule has 0 bridgehead atoms. The quantitative estimate of drug-likeness (QED) is 0.668. The molecule has 1 fully saturated rings. The first-order valence-corrected chi connectivity index (χ1v) is 5.02. The summed E-state index contributed by atoms with van der Waals surface area (Å²) in [6.07, 6.45) is 5.40. The van der Waals surface area contributed by atoms with Crippen molar-refractivity contribution in [2.24, 2.45) is 5.41 Å². The Morgan fingerprint density at radius 3 is 2.25 bits per heavy atom. The van der Waals surface area contributed by atoms with Crippen molar-refractivity contribution in [1.29, 1.82) is 0 Å². The van der Waals surface area contributed by atoms with Gasteiger partial charge in [0.15, 0.2) is 0 Å². The van der Waals surface area contributed by atoms with E-state index < -0.39 is 0 Å². The molecule has 2 heteroatoms. The maximum Gasteiger partial charge on any atom is 0.00644 e. The van der Waals surface area contributed by atoms with Crippen LogP contribution in [-0.4, -0.2) is 26.7 Å². The first-order valence-electron chi connectivity index (χ1n) is 5.02. The number of nitrogens with one attached hydrogen (secondary N) is 2. The molecule has 2 N–H and O–H groups in total. The van der Waals surface area contributed by atoms with Gasteiger partial charge in [0.05, 0.1) is 0 Å². The zero-order chi connectivity index (χ0) is 9.03. The molecule has 0 heterocycles. The number of hydrogen-bond donors (Lipinski definition) is 2. The highest BCUT2D eigenvalue weighted by Crippen LogP contribution is 2.34. The van der Waals surface area contributed by atoms with Gasteiger partial charge in [-0.1, -0.05) is 6.92 Å². The van der Waals surface area contributed by atoms with E-state index in [2.05, 4.69) is 31.7 Å². The fraction of sp³-hybridized carbons (Fsp3) is 1.00. The van der Waals surface area contributed by atoms with Crippen LogP contribution in [0.15, 0.2) is 0 Å². The van der Waals surface area contributed by atoms with E-state index in [4.69, 9.17) is 0 Å². The van der Waals surface area contributed by atoms with Crippen molar-refractivity contribution >= 4 is 0 Å². The first kappa shape index (κ1) is 10.0. The Kier molecular flexibility index (Phi) is 3.53. The van der Waals surface area contributed by atoms with Crippen LogP contribution in [0.1, 0.15) is 32.6 Å². The lowest BCUT2D eigenvalue weighted by Gasteiger charge is -2.37. The van der Waals surface area contributed by atoms with Gasteiger partial charge in [-0.25, -0.2) is 0 Å². The van der Waals surface area contributed by atoms with Crippen LogP contribution in [0.3, 0.4) is 0 Å². The van der Waals surface area contributed by atoms with Crippen LogP contribution in [0.5, 0.6) is 0 Å². The maximum atomic E-state index is 3.36. The normalized spacial score (nSPS) is 36.8. The largest absolute Gasteiger partial charge is 0.319 e. The van der Waals surface area contributed by atoms with Gasteiger partial charge in [0, 0.05) is 12.6 Å². The average molecular weight is 170 g/mol. The fourth-order valence-corrected chi connectivity index (χ4v) is 2.21. The highest BCUT2D eigenvalue weighted by molar-refractivity contribution is 4.85. The van der Waals surface area contributed by atoms with Gasteiger partial charge in [0.2, 0.25) is 0 Å². The zero-order valence-corrected chi connectivity index (χ0v) is 8.61. The lowest BCUT2D eigenvalue weighted by atomic mass is 9.74. The van der Waals surface area contributed by atoms with Crippen molar-refractivity contribution < 1.29 is 0 Å². The van der Waals surface area contributed by atoms with E-state index in [-0.39, 0.29) is 0 Å². The third-order valence-electron chi connectivity index (χ3n) is 3.20. The molecule has 0 amide bonds. The molecule has 0 aromatic heterocycles.